The highest BCUT2D eigenvalue weighted by atomic mass is 32.2. The second-order valence-corrected chi connectivity index (χ2v) is 10.6. The molecule has 0 aromatic heterocycles. The monoisotopic (exact) mass is 480 g/mol. The molecular formula is C24H32O8S. The van der Waals surface area contributed by atoms with Crippen molar-refractivity contribution in [3.63, 3.8) is 0 Å². The Balaban J connectivity index is 2.37. The molecule has 0 saturated carbocycles. The number of hydrogen-bond acceptors (Lipinski definition) is 8. The maximum absolute atomic E-state index is 12.9. The lowest BCUT2D eigenvalue weighted by Crippen LogP contribution is -2.27. The summed E-state index contributed by atoms with van der Waals surface area (Å²) >= 11 is 0. The number of aliphatic hydroxyl groups excluding tert-OH is 2. The molecular weight excluding hydrogens is 448 g/mol. The fraction of sp³-hybridized carbons (Fsp3) is 0.458. The topological polar surface area (TPSA) is 130 Å². The zero-order valence-corrected chi connectivity index (χ0v) is 19.9. The molecule has 1 aromatic rings. The molecule has 3 N–H and O–H groups in total. The van der Waals surface area contributed by atoms with Gasteiger partial charge in [-0.1, -0.05) is 37.8 Å². The number of carbonyl (C=O) groups excluding carboxylic acids is 1. The van der Waals surface area contributed by atoms with Crippen LogP contribution in [0.25, 0.3) is 6.08 Å². The quantitative estimate of drug-likeness (QED) is 0.433. The molecule has 0 spiro atoms. The number of aromatic hydroxyl groups is 1. The van der Waals surface area contributed by atoms with Crippen molar-refractivity contribution in [2.45, 2.75) is 45.0 Å². The van der Waals surface area contributed by atoms with Gasteiger partial charge in [0.05, 0.1) is 18.5 Å². The number of aliphatic hydroxyl groups is 2. The van der Waals surface area contributed by atoms with Crippen molar-refractivity contribution in [3.8, 4) is 11.5 Å². The molecule has 1 unspecified atom stereocenters. The van der Waals surface area contributed by atoms with Crippen LogP contribution in [0.4, 0.5) is 0 Å². The van der Waals surface area contributed by atoms with Gasteiger partial charge < -0.3 is 24.8 Å². The summed E-state index contributed by atoms with van der Waals surface area (Å²) in [6.07, 6.45) is 5.04. The normalized spacial score (nSPS) is 26.6. The lowest BCUT2D eigenvalue weighted by atomic mass is 9.98. The number of benzene rings is 1. The van der Waals surface area contributed by atoms with Gasteiger partial charge in [-0.15, -0.1) is 0 Å². The summed E-state index contributed by atoms with van der Waals surface area (Å²) in [4.78, 5) is 12.9. The highest BCUT2D eigenvalue weighted by Gasteiger charge is 2.24. The third-order valence-electron chi connectivity index (χ3n) is 5.32. The van der Waals surface area contributed by atoms with Crippen LogP contribution in [0, 0.1) is 5.92 Å². The van der Waals surface area contributed by atoms with Crippen LogP contribution in [0.15, 0.2) is 42.5 Å². The Morgan fingerprint density at radius 2 is 1.91 bits per heavy atom. The lowest BCUT2D eigenvalue weighted by Gasteiger charge is -2.21. The summed E-state index contributed by atoms with van der Waals surface area (Å²) in [5, 5.41) is 31.1. The Kier molecular flexibility index (Phi) is 9.27. The number of sulfone groups is 1. The van der Waals surface area contributed by atoms with E-state index in [1.807, 2.05) is 6.92 Å². The van der Waals surface area contributed by atoms with Gasteiger partial charge in [-0.2, -0.15) is 0 Å². The number of rotatable bonds is 5. The predicted octanol–water partition coefficient (Wildman–Crippen LogP) is 2.64. The average Bonchev–Trinajstić information content (AvgIpc) is 2.72. The van der Waals surface area contributed by atoms with Crippen molar-refractivity contribution in [3.05, 3.63) is 53.6 Å². The van der Waals surface area contributed by atoms with Crippen molar-refractivity contribution in [1.82, 2.24) is 0 Å². The van der Waals surface area contributed by atoms with E-state index in [1.54, 1.807) is 25.2 Å². The average molecular weight is 481 g/mol. The maximum atomic E-state index is 12.9. The minimum atomic E-state index is -3.12. The number of phenols is 1. The number of cyclic esters (lactones) is 1. The molecule has 9 heteroatoms. The molecule has 0 saturated heterocycles. The van der Waals surface area contributed by atoms with E-state index in [0.717, 1.165) is 6.26 Å². The van der Waals surface area contributed by atoms with Crippen LogP contribution in [-0.2, 0) is 14.6 Å². The van der Waals surface area contributed by atoms with Gasteiger partial charge in [-0.3, -0.25) is 0 Å². The molecule has 33 heavy (non-hydrogen) atoms. The standard InChI is InChI=1S/C24H32O8S/c1-15-9-10-16(2)23(27)20(25)8-5-7-18-13-19(31-11-6-12-33(4,29)30)14-21(26)22(18)24(28)32-17(15)3/h5,7,9-10,13-15,17,20,23,25-27H,2,6,8,11-12H2,1,3-4H3/b7-5+,10-9-/t15-,17+,20+,23?/m1/s1. The fourth-order valence-electron chi connectivity index (χ4n) is 3.15. The summed E-state index contributed by atoms with van der Waals surface area (Å²) in [5.74, 6) is -1.09. The van der Waals surface area contributed by atoms with Gasteiger partial charge in [0, 0.05) is 18.2 Å². The van der Waals surface area contributed by atoms with Gasteiger partial charge in [-0.25, -0.2) is 13.2 Å². The number of ether oxygens (including phenoxy) is 2. The number of fused-ring (bicyclic) bond motifs is 1. The second kappa shape index (κ2) is 11.5. The van der Waals surface area contributed by atoms with Crippen LogP contribution >= 0.6 is 0 Å². The molecule has 0 aliphatic carbocycles. The van der Waals surface area contributed by atoms with Gasteiger partial charge in [0.1, 0.15) is 39.1 Å². The second-order valence-electron chi connectivity index (χ2n) is 8.29. The van der Waals surface area contributed by atoms with Crippen LogP contribution in [-0.4, -0.2) is 66.6 Å². The number of phenolic OH excluding ortho intramolecular Hbond substituents is 1. The first-order valence-electron chi connectivity index (χ1n) is 10.7. The van der Waals surface area contributed by atoms with Crippen LogP contribution in [0.1, 0.15) is 42.6 Å². The van der Waals surface area contributed by atoms with E-state index >= 15 is 0 Å². The molecule has 0 amide bonds. The fourth-order valence-corrected chi connectivity index (χ4v) is 3.79. The lowest BCUT2D eigenvalue weighted by molar-refractivity contribution is 0.0262. The van der Waals surface area contributed by atoms with E-state index in [4.69, 9.17) is 9.47 Å². The number of hydrogen-bond donors (Lipinski definition) is 3. The van der Waals surface area contributed by atoms with Gasteiger partial charge in [-0.05, 0) is 37.0 Å². The van der Waals surface area contributed by atoms with Crippen molar-refractivity contribution >= 4 is 21.9 Å². The van der Waals surface area contributed by atoms with E-state index in [-0.39, 0.29) is 48.2 Å². The van der Waals surface area contributed by atoms with Gasteiger partial charge in [0.2, 0.25) is 0 Å². The maximum Gasteiger partial charge on any atom is 0.342 e. The van der Waals surface area contributed by atoms with Gasteiger partial charge in [0.25, 0.3) is 0 Å². The van der Waals surface area contributed by atoms with E-state index in [2.05, 4.69) is 6.58 Å². The minimum Gasteiger partial charge on any atom is -0.507 e. The largest absolute Gasteiger partial charge is 0.507 e. The first-order valence-corrected chi connectivity index (χ1v) is 12.7. The van der Waals surface area contributed by atoms with Crippen LogP contribution in [0.2, 0.25) is 0 Å². The summed E-state index contributed by atoms with van der Waals surface area (Å²) < 4.78 is 33.6. The summed E-state index contributed by atoms with van der Waals surface area (Å²) in [7, 11) is -3.12. The molecule has 1 heterocycles. The molecule has 1 aliphatic rings. The van der Waals surface area contributed by atoms with E-state index in [1.165, 1.54) is 18.2 Å². The Hall–Kier alpha value is -2.62. The van der Waals surface area contributed by atoms with Gasteiger partial charge in [0.15, 0.2) is 0 Å². The smallest absolute Gasteiger partial charge is 0.342 e. The Morgan fingerprint density at radius 1 is 1.21 bits per heavy atom. The molecule has 0 bridgehead atoms. The van der Waals surface area contributed by atoms with Crippen LogP contribution in [0.5, 0.6) is 11.5 Å². The van der Waals surface area contributed by atoms with Crippen molar-refractivity contribution in [2.24, 2.45) is 5.92 Å². The SMILES string of the molecule is C=C1/C=C\[C@@H](C)[C@H](C)OC(=O)c2c(O)cc(OCCCS(C)(=O)=O)cc2/C=C/C[C@H](O)C1O. The molecule has 2 rings (SSSR count). The molecule has 1 aromatic carbocycles. The van der Waals surface area contributed by atoms with Crippen molar-refractivity contribution in [2.75, 3.05) is 18.6 Å². The molecule has 0 radical (unpaired) electrons. The Labute approximate surface area is 194 Å². The van der Waals surface area contributed by atoms with Gasteiger partial charge >= 0.3 is 5.97 Å². The number of carbonyl (C=O) groups is 1. The molecule has 182 valence electrons. The predicted molar refractivity (Wildman–Crippen MR) is 126 cm³/mol. The van der Waals surface area contributed by atoms with Crippen molar-refractivity contribution in [1.29, 1.82) is 0 Å². The zero-order valence-electron chi connectivity index (χ0n) is 19.1. The summed E-state index contributed by atoms with van der Waals surface area (Å²) in [6.45, 7) is 7.42. The Bertz CT molecular complexity index is 1030. The molecule has 1 aliphatic heterocycles. The van der Waals surface area contributed by atoms with E-state index in [9.17, 15) is 28.5 Å². The highest BCUT2D eigenvalue weighted by molar-refractivity contribution is 7.90. The van der Waals surface area contributed by atoms with Crippen molar-refractivity contribution < 1.29 is 38.0 Å². The molecule has 0 fully saturated rings. The van der Waals surface area contributed by atoms with Crippen LogP contribution < -0.4 is 4.74 Å². The first kappa shape index (κ1) is 26.6. The minimum absolute atomic E-state index is 0.0355. The number of esters is 1. The summed E-state index contributed by atoms with van der Waals surface area (Å²) in [5.41, 5.74) is 0.571. The Morgan fingerprint density at radius 3 is 2.58 bits per heavy atom. The molecule has 8 nitrogen and oxygen atoms in total. The zero-order chi connectivity index (χ0) is 24.8. The van der Waals surface area contributed by atoms with E-state index < -0.39 is 34.1 Å². The third-order valence-corrected chi connectivity index (χ3v) is 6.35. The summed E-state index contributed by atoms with van der Waals surface area (Å²) in [6, 6.07) is 2.79. The van der Waals surface area contributed by atoms with E-state index in [0.29, 0.717) is 11.1 Å². The third kappa shape index (κ3) is 8.03. The first-order chi connectivity index (χ1) is 15.4. The molecule has 4 atom stereocenters. The van der Waals surface area contributed by atoms with Crippen LogP contribution in [0.3, 0.4) is 0 Å². The highest BCUT2D eigenvalue weighted by Crippen LogP contribution is 2.31.